The van der Waals surface area contributed by atoms with Crippen molar-refractivity contribution in [2.75, 3.05) is 13.2 Å². The van der Waals surface area contributed by atoms with Gasteiger partial charge in [0.05, 0.1) is 0 Å². The van der Waals surface area contributed by atoms with Crippen molar-refractivity contribution < 1.29 is 9.47 Å². The van der Waals surface area contributed by atoms with Crippen molar-refractivity contribution in [2.24, 2.45) is 11.7 Å². The Morgan fingerprint density at radius 3 is 2.53 bits per heavy atom. The van der Waals surface area contributed by atoms with Crippen LogP contribution in [0.1, 0.15) is 31.9 Å². The first kappa shape index (κ1) is 14.1. The average molecular weight is 258 g/mol. The quantitative estimate of drug-likeness (QED) is 0.906. The molecule has 2 N–H and O–H groups in total. The lowest BCUT2D eigenvalue weighted by Crippen LogP contribution is -2.20. The molecule has 0 amide bonds. The van der Waals surface area contributed by atoms with Crippen LogP contribution in [0.4, 0.5) is 0 Å². The maximum Gasteiger partial charge on any atom is 0.161 e. The first-order valence-corrected chi connectivity index (χ1v) is 5.87. The molecule has 0 saturated carbocycles. The summed E-state index contributed by atoms with van der Waals surface area (Å²) in [6, 6.07) is 6.06. The molecule has 2 atom stereocenters. The van der Waals surface area contributed by atoms with Crippen molar-refractivity contribution in [1.82, 2.24) is 0 Å². The van der Waals surface area contributed by atoms with Crippen molar-refractivity contribution in [3.63, 3.8) is 0 Å². The fourth-order valence-corrected chi connectivity index (χ4v) is 1.85. The molecule has 1 aromatic rings. The van der Waals surface area contributed by atoms with Crippen molar-refractivity contribution in [3.05, 3.63) is 23.8 Å². The zero-order valence-corrected chi connectivity index (χ0v) is 11.1. The third-order valence-electron chi connectivity index (χ3n) is 3.21. The summed E-state index contributed by atoms with van der Waals surface area (Å²) < 4.78 is 11.0. The SMILES string of the molecule is CCC(C)[C@@H](N)c1ccc2c(c1)OCCO2.Cl. The Morgan fingerprint density at radius 1 is 1.24 bits per heavy atom. The summed E-state index contributed by atoms with van der Waals surface area (Å²) in [5, 5.41) is 0. The monoisotopic (exact) mass is 257 g/mol. The van der Waals surface area contributed by atoms with E-state index in [0.717, 1.165) is 23.5 Å². The third kappa shape index (κ3) is 3.05. The number of ether oxygens (including phenoxy) is 2. The molecule has 0 fully saturated rings. The van der Waals surface area contributed by atoms with E-state index < -0.39 is 0 Å². The van der Waals surface area contributed by atoms with E-state index in [4.69, 9.17) is 15.2 Å². The summed E-state index contributed by atoms with van der Waals surface area (Å²) in [7, 11) is 0. The van der Waals surface area contributed by atoms with Gasteiger partial charge in [-0.05, 0) is 23.6 Å². The van der Waals surface area contributed by atoms with E-state index >= 15 is 0 Å². The minimum Gasteiger partial charge on any atom is -0.486 e. The van der Waals surface area contributed by atoms with Gasteiger partial charge in [-0.25, -0.2) is 0 Å². The Balaban J connectivity index is 0.00000144. The van der Waals surface area contributed by atoms with Crippen LogP contribution in [0.15, 0.2) is 18.2 Å². The molecule has 2 rings (SSSR count). The molecule has 0 saturated heterocycles. The smallest absolute Gasteiger partial charge is 0.161 e. The van der Waals surface area contributed by atoms with E-state index in [0.29, 0.717) is 19.1 Å². The minimum absolute atomic E-state index is 0. The molecule has 0 radical (unpaired) electrons. The van der Waals surface area contributed by atoms with E-state index in [1.165, 1.54) is 0 Å². The topological polar surface area (TPSA) is 44.5 Å². The van der Waals surface area contributed by atoms with Crippen molar-refractivity contribution in [3.8, 4) is 11.5 Å². The van der Waals surface area contributed by atoms with Gasteiger partial charge in [-0.1, -0.05) is 26.3 Å². The van der Waals surface area contributed by atoms with Crippen LogP contribution in [-0.2, 0) is 0 Å². The van der Waals surface area contributed by atoms with Gasteiger partial charge in [-0.3, -0.25) is 0 Å². The van der Waals surface area contributed by atoms with Gasteiger partial charge in [0.25, 0.3) is 0 Å². The maximum absolute atomic E-state index is 6.19. The molecule has 1 heterocycles. The molecule has 3 nitrogen and oxygen atoms in total. The summed E-state index contributed by atoms with van der Waals surface area (Å²) in [6.07, 6.45) is 1.08. The fraction of sp³-hybridized carbons (Fsp3) is 0.538. The minimum atomic E-state index is 0. The molecule has 1 aliphatic heterocycles. The van der Waals surface area contributed by atoms with E-state index in [-0.39, 0.29) is 18.4 Å². The number of hydrogen-bond donors (Lipinski definition) is 1. The van der Waals surface area contributed by atoms with Crippen LogP contribution in [0, 0.1) is 5.92 Å². The second kappa shape index (κ2) is 6.12. The molecule has 0 spiro atoms. The highest BCUT2D eigenvalue weighted by molar-refractivity contribution is 5.85. The van der Waals surface area contributed by atoms with Crippen LogP contribution in [0.5, 0.6) is 11.5 Å². The maximum atomic E-state index is 6.19. The first-order chi connectivity index (χ1) is 7.72. The highest BCUT2D eigenvalue weighted by Gasteiger charge is 2.17. The largest absolute Gasteiger partial charge is 0.486 e. The lowest BCUT2D eigenvalue weighted by atomic mass is 9.93. The standard InChI is InChI=1S/C13H19NO2.ClH/c1-3-9(2)13(14)10-4-5-11-12(8-10)16-7-6-15-11;/h4-5,8-9,13H,3,6-7,14H2,1-2H3;1H/t9?,13-;/m1./s1. The Bertz CT molecular complexity index is 370. The number of fused-ring (bicyclic) bond motifs is 1. The fourth-order valence-electron chi connectivity index (χ4n) is 1.85. The molecule has 0 aromatic heterocycles. The van der Waals surface area contributed by atoms with E-state index in [1.54, 1.807) is 0 Å². The second-order valence-corrected chi connectivity index (χ2v) is 4.31. The molecule has 0 aliphatic carbocycles. The van der Waals surface area contributed by atoms with Crippen LogP contribution in [0.25, 0.3) is 0 Å². The Kier molecular flexibility index (Phi) is 5.09. The van der Waals surface area contributed by atoms with Gasteiger partial charge in [0.2, 0.25) is 0 Å². The van der Waals surface area contributed by atoms with E-state index in [1.807, 2.05) is 18.2 Å². The van der Waals surface area contributed by atoms with E-state index in [9.17, 15) is 0 Å². The van der Waals surface area contributed by atoms with Gasteiger partial charge in [-0.2, -0.15) is 0 Å². The second-order valence-electron chi connectivity index (χ2n) is 4.31. The molecule has 4 heteroatoms. The molecule has 0 bridgehead atoms. The Labute approximate surface area is 109 Å². The number of nitrogens with two attached hydrogens (primary N) is 1. The predicted octanol–water partition coefficient (Wildman–Crippen LogP) is 2.93. The lowest BCUT2D eigenvalue weighted by Gasteiger charge is -2.22. The van der Waals surface area contributed by atoms with Gasteiger partial charge in [-0.15, -0.1) is 12.4 Å². The van der Waals surface area contributed by atoms with Crippen LogP contribution in [0.3, 0.4) is 0 Å². The molecule has 96 valence electrons. The first-order valence-electron chi connectivity index (χ1n) is 5.87. The van der Waals surface area contributed by atoms with Gasteiger partial charge >= 0.3 is 0 Å². The van der Waals surface area contributed by atoms with Gasteiger partial charge in [0.15, 0.2) is 11.5 Å². The molecular formula is C13H20ClNO2. The molecular weight excluding hydrogens is 238 g/mol. The molecule has 1 aliphatic rings. The van der Waals surface area contributed by atoms with Crippen LogP contribution in [-0.4, -0.2) is 13.2 Å². The van der Waals surface area contributed by atoms with E-state index in [2.05, 4.69) is 13.8 Å². The average Bonchev–Trinajstić information content (AvgIpc) is 2.36. The summed E-state index contributed by atoms with van der Waals surface area (Å²) >= 11 is 0. The van der Waals surface area contributed by atoms with Gasteiger partial charge in [0.1, 0.15) is 13.2 Å². The number of rotatable bonds is 3. The zero-order chi connectivity index (χ0) is 11.5. The molecule has 1 unspecified atom stereocenters. The highest BCUT2D eigenvalue weighted by Crippen LogP contribution is 2.33. The number of benzene rings is 1. The Hall–Kier alpha value is -0.930. The summed E-state index contributed by atoms with van der Waals surface area (Å²) in [5.41, 5.74) is 7.31. The third-order valence-corrected chi connectivity index (χ3v) is 3.21. The summed E-state index contributed by atoms with van der Waals surface area (Å²) in [4.78, 5) is 0. The molecule has 1 aromatic carbocycles. The number of halogens is 1. The number of hydrogen-bond acceptors (Lipinski definition) is 3. The normalized spacial score (nSPS) is 16.9. The van der Waals surface area contributed by atoms with Crippen LogP contribution in [0.2, 0.25) is 0 Å². The highest BCUT2D eigenvalue weighted by atomic mass is 35.5. The Morgan fingerprint density at radius 2 is 1.88 bits per heavy atom. The van der Waals surface area contributed by atoms with Crippen LogP contribution < -0.4 is 15.2 Å². The van der Waals surface area contributed by atoms with Gasteiger partial charge < -0.3 is 15.2 Å². The summed E-state index contributed by atoms with van der Waals surface area (Å²) in [6.45, 7) is 5.57. The predicted molar refractivity (Wildman–Crippen MR) is 71.1 cm³/mol. The molecule has 17 heavy (non-hydrogen) atoms. The van der Waals surface area contributed by atoms with Crippen LogP contribution >= 0.6 is 12.4 Å². The van der Waals surface area contributed by atoms with Crippen molar-refractivity contribution in [1.29, 1.82) is 0 Å². The lowest BCUT2D eigenvalue weighted by molar-refractivity contribution is 0.171. The summed E-state index contributed by atoms with van der Waals surface area (Å²) in [5.74, 6) is 2.12. The van der Waals surface area contributed by atoms with Gasteiger partial charge in [0, 0.05) is 6.04 Å². The van der Waals surface area contributed by atoms with Crippen molar-refractivity contribution >= 4 is 12.4 Å². The van der Waals surface area contributed by atoms with Crippen molar-refractivity contribution in [2.45, 2.75) is 26.3 Å². The zero-order valence-electron chi connectivity index (χ0n) is 10.3.